The smallest absolute Gasteiger partial charge is 0.183 e. The molecule has 1 saturated carbocycles. The molecule has 0 saturated heterocycles. The molecule has 0 radical (unpaired) electrons. The summed E-state index contributed by atoms with van der Waals surface area (Å²) in [6.45, 7) is 4.38. The lowest BCUT2D eigenvalue weighted by molar-refractivity contribution is 0.101. The summed E-state index contributed by atoms with van der Waals surface area (Å²) >= 11 is 0. The van der Waals surface area contributed by atoms with E-state index in [1.54, 1.807) is 14.2 Å². The van der Waals surface area contributed by atoms with Gasteiger partial charge in [0.05, 0.1) is 26.5 Å². The Balaban J connectivity index is 1.76. The molecule has 2 aromatic rings. The largest absolute Gasteiger partial charge is 0.497 e. The van der Waals surface area contributed by atoms with Crippen LogP contribution >= 0.6 is 0 Å². The molecule has 5 nitrogen and oxygen atoms in total. The second-order valence-electron chi connectivity index (χ2n) is 6.94. The first-order chi connectivity index (χ1) is 12.5. The number of aromatic nitrogens is 1. The molecule has 5 heteroatoms. The van der Waals surface area contributed by atoms with Gasteiger partial charge in [-0.2, -0.15) is 0 Å². The minimum absolute atomic E-state index is 0.0900. The predicted octanol–water partition coefficient (Wildman–Crippen LogP) is 4.53. The van der Waals surface area contributed by atoms with Crippen LogP contribution in [0.4, 0.5) is 5.69 Å². The van der Waals surface area contributed by atoms with E-state index < -0.39 is 0 Å². The van der Waals surface area contributed by atoms with Crippen LogP contribution in [0.15, 0.2) is 24.3 Å². The standard InChI is InChI=1S/C21H28N2O3/c1-14-11-18(15(2)23(14)16-7-5-6-8-16)20(24)13-22-19-12-17(25-3)9-10-21(19)26-4/h9-12,16,22H,5-8,13H2,1-4H3. The van der Waals surface area contributed by atoms with Gasteiger partial charge < -0.3 is 19.4 Å². The molecule has 0 spiro atoms. The van der Waals surface area contributed by atoms with Crippen molar-refractivity contribution in [1.82, 2.24) is 4.57 Å². The number of rotatable bonds is 7. The van der Waals surface area contributed by atoms with Crippen molar-refractivity contribution < 1.29 is 14.3 Å². The molecule has 1 aliphatic rings. The summed E-state index contributed by atoms with van der Waals surface area (Å²) in [6, 6.07) is 8.08. The van der Waals surface area contributed by atoms with E-state index in [9.17, 15) is 4.79 Å². The summed E-state index contributed by atoms with van der Waals surface area (Å²) in [6.07, 6.45) is 4.98. The maximum Gasteiger partial charge on any atom is 0.183 e. The van der Waals surface area contributed by atoms with Gasteiger partial charge >= 0.3 is 0 Å². The molecule has 1 aromatic heterocycles. The number of hydrogen-bond donors (Lipinski definition) is 1. The van der Waals surface area contributed by atoms with E-state index >= 15 is 0 Å². The fourth-order valence-electron chi connectivity index (χ4n) is 4.01. The zero-order chi connectivity index (χ0) is 18.7. The normalized spacial score (nSPS) is 14.5. The Labute approximate surface area is 155 Å². The Kier molecular flexibility index (Phi) is 5.55. The number of carbonyl (C=O) groups is 1. The number of anilines is 1. The van der Waals surface area contributed by atoms with Crippen molar-refractivity contribution in [3.8, 4) is 11.5 Å². The van der Waals surface area contributed by atoms with Crippen molar-refractivity contribution in [2.45, 2.75) is 45.6 Å². The molecular weight excluding hydrogens is 328 g/mol. The summed E-state index contributed by atoms with van der Waals surface area (Å²) in [7, 11) is 3.23. The lowest BCUT2D eigenvalue weighted by atomic mass is 10.1. The number of nitrogens with zero attached hydrogens (tertiary/aromatic N) is 1. The van der Waals surface area contributed by atoms with Crippen LogP contribution in [0.3, 0.4) is 0 Å². The van der Waals surface area contributed by atoms with Crippen molar-refractivity contribution in [2.75, 3.05) is 26.1 Å². The highest BCUT2D eigenvalue weighted by atomic mass is 16.5. The van der Waals surface area contributed by atoms with E-state index in [1.807, 2.05) is 24.3 Å². The molecule has 1 N–H and O–H groups in total. The number of carbonyl (C=O) groups excluding carboxylic acids is 1. The fourth-order valence-corrected chi connectivity index (χ4v) is 4.01. The van der Waals surface area contributed by atoms with Crippen molar-refractivity contribution in [1.29, 1.82) is 0 Å². The van der Waals surface area contributed by atoms with Crippen molar-refractivity contribution in [3.63, 3.8) is 0 Å². The van der Waals surface area contributed by atoms with Gasteiger partial charge in [-0.05, 0) is 44.9 Å². The Hall–Kier alpha value is -2.43. The van der Waals surface area contributed by atoms with Gasteiger partial charge in [-0.25, -0.2) is 0 Å². The highest BCUT2D eigenvalue weighted by Gasteiger charge is 2.23. The maximum atomic E-state index is 12.8. The Morgan fingerprint density at radius 1 is 1.15 bits per heavy atom. The van der Waals surface area contributed by atoms with E-state index in [-0.39, 0.29) is 12.3 Å². The van der Waals surface area contributed by atoms with Crippen LogP contribution in [-0.4, -0.2) is 31.1 Å². The molecule has 0 aliphatic heterocycles. The van der Waals surface area contributed by atoms with E-state index in [2.05, 4.69) is 23.7 Å². The molecule has 0 atom stereocenters. The zero-order valence-corrected chi connectivity index (χ0v) is 16.1. The number of aryl methyl sites for hydroxylation is 1. The van der Waals surface area contributed by atoms with Gasteiger partial charge in [-0.3, -0.25) is 4.79 Å². The van der Waals surface area contributed by atoms with Gasteiger partial charge in [0.1, 0.15) is 11.5 Å². The highest BCUT2D eigenvalue weighted by Crippen LogP contribution is 2.34. The van der Waals surface area contributed by atoms with Crippen LogP contribution in [0.1, 0.15) is 53.5 Å². The average Bonchev–Trinajstić information content (AvgIpc) is 3.27. The molecule has 0 bridgehead atoms. The van der Waals surface area contributed by atoms with Crippen LogP contribution in [0.5, 0.6) is 11.5 Å². The first kappa shape index (κ1) is 18.4. The van der Waals surface area contributed by atoms with Crippen LogP contribution in [0.25, 0.3) is 0 Å². The van der Waals surface area contributed by atoms with E-state index in [0.717, 1.165) is 22.7 Å². The summed E-state index contributed by atoms with van der Waals surface area (Å²) < 4.78 is 13.0. The molecule has 1 aromatic carbocycles. The third kappa shape index (κ3) is 3.57. The number of Topliss-reactive ketones (excluding diaryl/α,β-unsaturated/α-hetero) is 1. The number of nitrogens with one attached hydrogen (secondary N) is 1. The summed E-state index contributed by atoms with van der Waals surface area (Å²) in [5, 5.41) is 3.20. The quantitative estimate of drug-likeness (QED) is 0.741. The first-order valence-corrected chi connectivity index (χ1v) is 9.22. The van der Waals surface area contributed by atoms with E-state index in [1.165, 1.54) is 31.4 Å². The highest BCUT2D eigenvalue weighted by molar-refractivity contribution is 6.00. The number of methoxy groups -OCH3 is 2. The molecular formula is C21H28N2O3. The van der Waals surface area contributed by atoms with Gasteiger partial charge in [0.25, 0.3) is 0 Å². The SMILES string of the molecule is COc1ccc(OC)c(NCC(=O)c2cc(C)n(C3CCCC3)c2C)c1. The first-order valence-electron chi connectivity index (χ1n) is 9.22. The predicted molar refractivity (Wildman–Crippen MR) is 104 cm³/mol. The fraction of sp³-hybridized carbons (Fsp3) is 0.476. The van der Waals surface area contributed by atoms with Gasteiger partial charge in [0.15, 0.2) is 5.78 Å². The zero-order valence-electron chi connectivity index (χ0n) is 16.1. The molecule has 1 fully saturated rings. The summed E-state index contributed by atoms with van der Waals surface area (Å²) in [5.41, 5.74) is 3.82. The summed E-state index contributed by atoms with van der Waals surface area (Å²) in [5.74, 6) is 1.50. The third-order valence-electron chi connectivity index (χ3n) is 5.32. The Morgan fingerprint density at radius 2 is 1.88 bits per heavy atom. The third-order valence-corrected chi connectivity index (χ3v) is 5.32. The van der Waals surface area contributed by atoms with Crippen LogP contribution in [-0.2, 0) is 0 Å². The minimum Gasteiger partial charge on any atom is -0.497 e. The second-order valence-corrected chi connectivity index (χ2v) is 6.94. The van der Waals surface area contributed by atoms with Crippen molar-refractivity contribution >= 4 is 11.5 Å². The molecule has 0 amide bonds. The minimum atomic E-state index is 0.0900. The molecule has 0 unspecified atom stereocenters. The van der Waals surface area contributed by atoms with Gasteiger partial charge in [0.2, 0.25) is 0 Å². The molecule has 140 valence electrons. The molecule has 1 aliphatic carbocycles. The lowest BCUT2D eigenvalue weighted by Gasteiger charge is -2.17. The number of benzene rings is 1. The van der Waals surface area contributed by atoms with E-state index in [0.29, 0.717) is 11.8 Å². The van der Waals surface area contributed by atoms with Crippen LogP contribution in [0, 0.1) is 13.8 Å². The average molecular weight is 356 g/mol. The van der Waals surface area contributed by atoms with Crippen LogP contribution < -0.4 is 14.8 Å². The summed E-state index contributed by atoms with van der Waals surface area (Å²) in [4.78, 5) is 12.8. The van der Waals surface area contributed by atoms with Crippen molar-refractivity contribution in [3.05, 3.63) is 41.2 Å². The van der Waals surface area contributed by atoms with Crippen LogP contribution in [0.2, 0.25) is 0 Å². The van der Waals surface area contributed by atoms with Gasteiger partial charge in [-0.1, -0.05) is 12.8 Å². The molecule has 3 rings (SSSR count). The molecule has 1 heterocycles. The maximum absolute atomic E-state index is 12.8. The topological polar surface area (TPSA) is 52.5 Å². The van der Waals surface area contributed by atoms with Gasteiger partial charge in [0, 0.05) is 29.1 Å². The number of ketones is 1. The van der Waals surface area contributed by atoms with Gasteiger partial charge in [-0.15, -0.1) is 0 Å². The monoisotopic (exact) mass is 356 g/mol. The number of hydrogen-bond acceptors (Lipinski definition) is 4. The van der Waals surface area contributed by atoms with E-state index in [4.69, 9.17) is 9.47 Å². The Bertz CT molecular complexity index is 789. The number of ether oxygens (including phenoxy) is 2. The lowest BCUT2D eigenvalue weighted by Crippen LogP contribution is -2.16. The van der Waals surface area contributed by atoms with Crippen molar-refractivity contribution in [2.24, 2.45) is 0 Å². The molecule has 26 heavy (non-hydrogen) atoms. The Morgan fingerprint density at radius 3 is 2.54 bits per heavy atom. The second kappa shape index (κ2) is 7.85.